The van der Waals surface area contributed by atoms with Crippen molar-refractivity contribution in [3.05, 3.63) is 29.3 Å². The van der Waals surface area contributed by atoms with Crippen LogP contribution in [0.25, 0.3) is 0 Å². The molecule has 0 saturated carbocycles. The molecule has 0 fully saturated rings. The zero-order chi connectivity index (χ0) is 16.0. The fourth-order valence-corrected chi connectivity index (χ4v) is 3.51. The second-order valence-electron chi connectivity index (χ2n) is 5.25. The van der Waals surface area contributed by atoms with E-state index in [9.17, 15) is 13.5 Å². The lowest BCUT2D eigenvalue weighted by Gasteiger charge is -2.23. The average Bonchev–Trinajstić information content (AvgIpc) is 2.44. The van der Waals surface area contributed by atoms with Crippen LogP contribution in [-0.4, -0.2) is 44.1 Å². The smallest absolute Gasteiger partial charge is 0.240 e. The largest absolute Gasteiger partial charge is 0.392 e. The standard InChI is InChI=1S/C15H26N2O3S/c1-5-17(6-2)10-13(4)16-21(19,20)15-8-7-12(3)14(9-15)11-18/h7-9,13,16,18H,5-6,10-11H2,1-4H3. The SMILES string of the molecule is CCN(CC)CC(C)NS(=O)(=O)c1ccc(C)c(CO)c1. The molecule has 0 bridgehead atoms. The number of nitrogens with one attached hydrogen (secondary N) is 1. The number of rotatable bonds is 8. The van der Waals surface area contributed by atoms with Gasteiger partial charge < -0.3 is 10.0 Å². The molecule has 2 N–H and O–H groups in total. The van der Waals surface area contributed by atoms with E-state index < -0.39 is 10.0 Å². The van der Waals surface area contributed by atoms with E-state index in [4.69, 9.17) is 0 Å². The summed E-state index contributed by atoms with van der Waals surface area (Å²) in [6.07, 6.45) is 0. The second-order valence-corrected chi connectivity index (χ2v) is 6.97. The zero-order valence-corrected chi connectivity index (χ0v) is 14.1. The van der Waals surface area contributed by atoms with Gasteiger partial charge in [-0.1, -0.05) is 19.9 Å². The van der Waals surface area contributed by atoms with Gasteiger partial charge in [-0.25, -0.2) is 13.1 Å². The first kappa shape index (κ1) is 18.1. The summed E-state index contributed by atoms with van der Waals surface area (Å²) in [5.74, 6) is 0. The molecule has 0 heterocycles. The van der Waals surface area contributed by atoms with Crippen LogP contribution in [0.5, 0.6) is 0 Å². The third-order valence-electron chi connectivity index (χ3n) is 3.58. The Hall–Kier alpha value is -0.950. The van der Waals surface area contributed by atoms with E-state index >= 15 is 0 Å². The number of likely N-dealkylation sites (N-methyl/N-ethyl adjacent to an activating group) is 1. The molecule has 1 unspecified atom stereocenters. The van der Waals surface area contributed by atoms with Crippen LogP contribution in [0.4, 0.5) is 0 Å². The maximum atomic E-state index is 12.4. The van der Waals surface area contributed by atoms with Crippen LogP contribution in [0, 0.1) is 6.92 Å². The highest BCUT2D eigenvalue weighted by Gasteiger charge is 2.19. The van der Waals surface area contributed by atoms with E-state index in [0.29, 0.717) is 12.1 Å². The summed E-state index contributed by atoms with van der Waals surface area (Å²) in [7, 11) is -3.56. The Morgan fingerprint density at radius 3 is 2.43 bits per heavy atom. The number of aryl methyl sites for hydroxylation is 1. The molecule has 0 amide bonds. The Bertz CT molecular complexity index is 554. The Labute approximate surface area is 128 Å². The molecule has 0 spiro atoms. The van der Waals surface area contributed by atoms with Crippen molar-refractivity contribution in [3.63, 3.8) is 0 Å². The lowest BCUT2D eigenvalue weighted by Crippen LogP contribution is -2.41. The average molecular weight is 314 g/mol. The summed E-state index contributed by atoms with van der Waals surface area (Å²) in [5.41, 5.74) is 1.52. The molecule has 21 heavy (non-hydrogen) atoms. The van der Waals surface area contributed by atoms with Crippen LogP contribution in [0.2, 0.25) is 0 Å². The van der Waals surface area contributed by atoms with Crippen LogP contribution in [-0.2, 0) is 16.6 Å². The van der Waals surface area contributed by atoms with E-state index in [1.807, 2.05) is 13.8 Å². The molecule has 1 rings (SSSR count). The molecule has 0 aliphatic rings. The van der Waals surface area contributed by atoms with Crippen LogP contribution >= 0.6 is 0 Å². The molecule has 6 heteroatoms. The van der Waals surface area contributed by atoms with Gasteiger partial charge in [0.05, 0.1) is 11.5 Å². The van der Waals surface area contributed by atoms with Gasteiger partial charge >= 0.3 is 0 Å². The first-order valence-electron chi connectivity index (χ1n) is 7.29. The fraction of sp³-hybridized carbons (Fsp3) is 0.600. The van der Waals surface area contributed by atoms with E-state index in [-0.39, 0.29) is 17.5 Å². The summed E-state index contributed by atoms with van der Waals surface area (Å²) in [6.45, 7) is 10.1. The molecule has 1 aromatic carbocycles. The predicted molar refractivity (Wildman–Crippen MR) is 84.7 cm³/mol. The fourth-order valence-electron chi connectivity index (χ4n) is 2.22. The van der Waals surface area contributed by atoms with E-state index in [0.717, 1.165) is 18.7 Å². The third-order valence-corrected chi connectivity index (χ3v) is 5.17. The molecule has 0 radical (unpaired) electrons. The summed E-state index contributed by atoms with van der Waals surface area (Å²) < 4.78 is 27.4. The number of nitrogens with zero attached hydrogens (tertiary/aromatic N) is 1. The summed E-state index contributed by atoms with van der Waals surface area (Å²) in [5, 5.41) is 9.25. The lowest BCUT2D eigenvalue weighted by molar-refractivity contribution is 0.280. The van der Waals surface area contributed by atoms with Crippen molar-refractivity contribution in [3.8, 4) is 0 Å². The van der Waals surface area contributed by atoms with E-state index in [2.05, 4.69) is 23.5 Å². The van der Waals surface area contributed by atoms with Crippen LogP contribution in [0.15, 0.2) is 23.1 Å². The lowest BCUT2D eigenvalue weighted by atomic mass is 10.1. The van der Waals surface area contributed by atoms with Gasteiger partial charge in [-0.15, -0.1) is 0 Å². The van der Waals surface area contributed by atoms with Gasteiger partial charge in [-0.2, -0.15) is 0 Å². The minimum atomic E-state index is -3.56. The number of benzene rings is 1. The van der Waals surface area contributed by atoms with Gasteiger partial charge in [-0.3, -0.25) is 0 Å². The molecule has 0 saturated heterocycles. The molecule has 1 atom stereocenters. The predicted octanol–water partition coefficient (Wildman–Crippen LogP) is 1.50. The molecule has 0 aliphatic carbocycles. The number of hydrogen-bond donors (Lipinski definition) is 2. The summed E-state index contributed by atoms with van der Waals surface area (Å²) in [6, 6.07) is 4.64. The number of aliphatic hydroxyl groups excluding tert-OH is 1. The highest BCUT2D eigenvalue weighted by atomic mass is 32.2. The van der Waals surface area contributed by atoms with E-state index in [1.54, 1.807) is 12.1 Å². The molecular formula is C15H26N2O3S. The second kappa shape index (κ2) is 7.89. The van der Waals surface area contributed by atoms with Gasteiger partial charge in [0.15, 0.2) is 0 Å². The number of aliphatic hydroxyl groups is 1. The van der Waals surface area contributed by atoms with Gasteiger partial charge in [0.1, 0.15) is 0 Å². The Kier molecular flexibility index (Phi) is 6.80. The molecular weight excluding hydrogens is 288 g/mol. The first-order chi connectivity index (χ1) is 9.83. The Morgan fingerprint density at radius 1 is 1.29 bits per heavy atom. The van der Waals surface area contributed by atoms with Crippen molar-refractivity contribution in [2.75, 3.05) is 19.6 Å². The third kappa shape index (κ3) is 5.07. The molecule has 0 aliphatic heterocycles. The van der Waals surface area contributed by atoms with Crippen molar-refractivity contribution in [1.29, 1.82) is 0 Å². The monoisotopic (exact) mass is 314 g/mol. The van der Waals surface area contributed by atoms with Gasteiger partial charge in [0.2, 0.25) is 10.0 Å². The van der Waals surface area contributed by atoms with Gasteiger partial charge in [0.25, 0.3) is 0 Å². The van der Waals surface area contributed by atoms with Crippen molar-refractivity contribution in [2.24, 2.45) is 0 Å². The number of hydrogen-bond acceptors (Lipinski definition) is 4. The normalized spacial score (nSPS) is 13.6. The highest BCUT2D eigenvalue weighted by Crippen LogP contribution is 2.16. The van der Waals surface area contributed by atoms with Crippen LogP contribution in [0.1, 0.15) is 31.9 Å². The molecule has 120 valence electrons. The zero-order valence-electron chi connectivity index (χ0n) is 13.3. The minimum Gasteiger partial charge on any atom is -0.392 e. The Morgan fingerprint density at radius 2 is 1.90 bits per heavy atom. The summed E-state index contributed by atoms with van der Waals surface area (Å²) >= 11 is 0. The molecule has 0 aromatic heterocycles. The Balaban J connectivity index is 2.86. The van der Waals surface area contributed by atoms with Crippen LogP contribution < -0.4 is 4.72 Å². The van der Waals surface area contributed by atoms with Crippen molar-refractivity contribution in [1.82, 2.24) is 9.62 Å². The topological polar surface area (TPSA) is 69.6 Å². The van der Waals surface area contributed by atoms with Crippen molar-refractivity contribution in [2.45, 2.75) is 45.2 Å². The van der Waals surface area contributed by atoms with Crippen molar-refractivity contribution >= 4 is 10.0 Å². The number of sulfonamides is 1. The summed E-state index contributed by atoms with van der Waals surface area (Å²) in [4.78, 5) is 2.37. The van der Waals surface area contributed by atoms with E-state index in [1.165, 1.54) is 6.07 Å². The maximum Gasteiger partial charge on any atom is 0.240 e. The molecule has 1 aromatic rings. The highest BCUT2D eigenvalue weighted by molar-refractivity contribution is 7.89. The minimum absolute atomic E-state index is 0.163. The van der Waals surface area contributed by atoms with Gasteiger partial charge in [-0.05, 0) is 50.2 Å². The van der Waals surface area contributed by atoms with Crippen molar-refractivity contribution < 1.29 is 13.5 Å². The van der Waals surface area contributed by atoms with Gasteiger partial charge in [0, 0.05) is 12.6 Å². The molecule has 5 nitrogen and oxygen atoms in total. The quantitative estimate of drug-likeness (QED) is 0.763. The first-order valence-corrected chi connectivity index (χ1v) is 8.77. The van der Waals surface area contributed by atoms with Crippen LogP contribution in [0.3, 0.4) is 0 Å². The maximum absolute atomic E-state index is 12.4.